The summed E-state index contributed by atoms with van der Waals surface area (Å²) in [5.41, 5.74) is 2.19. The van der Waals surface area contributed by atoms with Crippen LogP contribution in [-0.2, 0) is 6.54 Å². The normalized spacial score (nSPS) is 18.3. The molecule has 26 heavy (non-hydrogen) atoms. The van der Waals surface area contributed by atoms with Gasteiger partial charge in [-0.1, -0.05) is 6.42 Å². The van der Waals surface area contributed by atoms with E-state index in [-0.39, 0.29) is 17.3 Å². The molecule has 3 aromatic rings. The average molecular weight is 356 g/mol. The summed E-state index contributed by atoms with van der Waals surface area (Å²) in [5.74, 6) is 0.883. The van der Waals surface area contributed by atoms with Crippen molar-refractivity contribution in [3.63, 3.8) is 0 Å². The SMILES string of the molecule is COc1c[nH]c(CN2CCCC[C@@H]2c2nc3ccc(F)cc3[nH]2)cc1=O. The van der Waals surface area contributed by atoms with E-state index in [9.17, 15) is 9.18 Å². The molecule has 7 heteroatoms. The molecule has 0 bridgehead atoms. The first kappa shape index (κ1) is 16.8. The van der Waals surface area contributed by atoms with Crippen LogP contribution in [0.5, 0.6) is 5.75 Å². The lowest BCUT2D eigenvalue weighted by Crippen LogP contribution is -2.34. The Kier molecular flexibility index (Phi) is 4.46. The number of rotatable bonds is 4. The number of likely N-dealkylation sites (tertiary alicyclic amines) is 1. The number of imidazole rings is 1. The van der Waals surface area contributed by atoms with Crippen LogP contribution in [0.25, 0.3) is 11.0 Å². The van der Waals surface area contributed by atoms with Gasteiger partial charge >= 0.3 is 0 Å². The van der Waals surface area contributed by atoms with Gasteiger partial charge in [0, 0.05) is 24.5 Å². The number of ether oxygens (including phenoxy) is 1. The second kappa shape index (κ2) is 6.92. The molecule has 1 saturated heterocycles. The molecular weight excluding hydrogens is 335 g/mol. The third kappa shape index (κ3) is 3.22. The van der Waals surface area contributed by atoms with E-state index in [0.717, 1.165) is 42.8 Å². The monoisotopic (exact) mass is 356 g/mol. The molecule has 3 heterocycles. The van der Waals surface area contributed by atoms with Crippen molar-refractivity contribution in [1.29, 1.82) is 0 Å². The van der Waals surface area contributed by atoms with Gasteiger partial charge in [-0.15, -0.1) is 0 Å². The van der Waals surface area contributed by atoms with Crippen LogP contribution in [-0.4, -0.2) is 33.5 Å². The maximum absolute atomic E-state index is 13.4. The topological polar surface area (TPSA) is 74.0 Å². The Morgan fingerprint density at radius 2 is 2.23 bits per heavy atom. The third-order valence-corrected chi connectivity index (χ3v) is 4.92. The molecule has 6 nitrogen and oxygen atoms in total. The first-order valence-corrected chi connectivity index (χ1v) is 8.79. The van der Waals surface area contributed by atoms with Gasteiger partial charge in [0.15, 0.2) is 5.75 Å². The van der Waals surface area contributed by atoms with E-state index >= 15 is 0 Å². The molecule has 1 fully saturated rings. The first-order chi connectivity index (χ1) is 12.6. The lowest BCUT2D eigenvalue weighted by molar-refractivity contribution is 0.133. The fraction of sp³-hybridized carbons (Fsp3) is 0.368. The van der Waals surface area contributed by atoms with E-state index in [1.54, 1.807) is 18.3 Å². The van der Waals surface area contributed by atoms with Crippen LogP contribution in [0.3, 0.4) is 0 Å². The second-order valence-corrected chi connectivity index (χ2v) is 6.66. The molecule has 1 aliphatic rings. The van der Waals surface area contributed by atoms with Gasteiger partial charge in [-0.2, -0.15) is 0 Å². The maximum atomic E-state index is 13.4. The molecule has 0 radical (unpaired) electrons. The molecular formula is C19H21FN4O2. The molecule has 0 spiro atoms. The van der Waals surface area contributed by atoms with Crippen LogP contribution in [0, 0.1) is 5.82 Å². The predicted octanol–water partition coefficient (Wildman–Crippen LogP) is 3.13. The van der Waals surface area contributed by atoms with E-state index < -0.39 is 0 Å². The number of pyridine rings is 1. The minimum atomic E-state index is -0.274. The zero-order chi connectivity index (χ0) is 18.1. The van der Waals surface area contributed by atoms with Crippen molar-refractivity contribution in [3.05, 3.63) is 58.0 Å². The molecule has 0 aliphatic carbocycles. The van der Waals surface area contributed by atoms with Crippen molar-refractivity contribution in [2.75, 3.05) is 13.7 Å². The quantitative estimate of drug-likeness (QED) is 0.753. The van der Waals surface area contributed by atoms with Crippen LogP contribution >= 0.6 is 0 Å². The van der Waals surface area contributed by atoms with E-state index in [4.69, 9.17) is 4.74 Å². The number of nitrogens with one attached hydrogen (secondary N) is 2. The van der Waals surface area contributed by atoms with Crippen molar-refractivity contribution >= 4 is 11.0 Å². The van der Waals surface area contributed by atoms with Gasteiger partial charge in [-0.25, -0.2) is 9.37 Å². The fourth-order valence-corrected chi connectivity index (χ4v) is 3.62. The predicted molar refractivity (Wildman–Crippen MR) is 96.7 cm³/mol. The molecule has 1 aromatic carbocycles. The summed E-state index contributed by atoms with van der Waals surface area (Å²) in [6.07, 6.45) is 4.79. The smallest absolute Gasteiger partial charge is 0.223 e. The molecule has 1 aliphatic heterocycles. The molecule has 136 valence electrons. The van der Waals surface area contributed by atoms with Crippen LogP contribution in [0.1, 0.15) is 36.8 Å². The molecule has 4 rings (SSSR count). The number of nitrogens with zero attached hydrogens (tertiary/aromatic N) is 2. The van der Waals surface area contributed by atoms with Crippen molar-refractivity contribution < 1.29 is 9.13 Å². The van der Waals surface area contributed by atoms with Gasteiger partial charge in [0.05, 0.1) is 24.2 Å². The highest BCUT2D eigenvalue weighted by Crippen LogP contribution is 2.31. The summed E-state index contributed by atoms with van der Waals surface area (Å²) in [6, 6.07) is 6.29. The molecule has 2 aromatic heterocycles. The summed E-state index contributed by atoms with van der Waals surface area (Å²) >= 11 is 0. The van der Waals surface area contributed by atoms with Crippen LogP contribution < -0.4 is 10.2 Å². The summed E-state index contributed by atoms with van der Waals surface area (Å²) in [7, 11) is 1.48. The van der Waals surface area contributed by atoms with Gasteiger partial charge in [0.1, 0.15) is 11.6 Å². The Balaban J connectivity index is 1.61. The van der Waals surface area contributed by atoms with E-state index in [0.29, 0.717) is 17.8 Å². The minimum Gasteiger partial charge on any atom is -0.491 e. The molecule has 2 N–H and O–H groups in total. The fourth-order valence-electron chi connectivity index (χ4n) is 3.62. The number of hydrogen-bond donors (Lipinski definition) is 2. The Morgan fingerprint density at radius 1 is 1.35 bits per heavy atom. The van der Waals surface area contributed by atoms with Gasteiger partial charge in [0.2, 0.25) is 5.43 Å². The van der Waals surface area contributed by atoms with Crippen molar-refractivity contribution in [2.24, 2.45) is 0 Å². The van der Waals surface area contributed by atoms with Gasteiger partial charge in [-0.3, -0.25) is 9.69 Å². The second-order valence-electron chi connectivity index (χ2n) is 6.66. The summed E-state index contributed by atoms with van der Waals surface area (Å²) in [6.45, 7) is 1.54. The molecule has 0 amide bonds. The summed E-state index contributed by atoms with van der Waals surface area (Å²) in [5, 5.41) is 0. The number of fused-ring (bicyclic) bond motifs is 1. The standard InChI is InChI=1S/C19H21FN4O2/c1-26-18-10-21-13(9-17(18)25)11-24-7-3-2-4-16(24)19-22-14-6-5-12(20)8-15(14)23-19/h5-6,8-10,16H,2-4,7,11H2,1H3,(H,21,25)(H,22,23)/t16-/m1/s1. The van der Waals surface area contributed by atoms with E-state index in [1.807, 2.05) is 0 Å². The molecule has 1 atom stereocenters. The maximum Gasteiger partial charge on any atom is 0.223 e. The van der Waals surface area contributed by atoms with Crippen LogP contribution in [0.15, 0.2) is 35.3 Å². The zero-order valence-corrected chi connectivity index (χ0v) is 14.6. The Morgan fingerprint density at radius 3 is 3.04 bits per heavy atom. The Bertz CT molecular complexity index is 981. The Hall–Kier alpha value is -2.67. The number of H-pyrrole nitrogens is 2. The van der Waals surface area contributed by atoms with Crippen LogP contribution in [0.4, 0.5) is 4.39 Å². The number of aromatic amines is 2. The highest BCUT2D eigenvalue weighted by Gasteiger charge is 2.27. The van der Waals surface area contributed by atoms with Crippen molar-refractivity contribution in [3.8, 4) is 5.75 Å². The molecule has 0 unspecified atom stereocenters. The number of halogens is 1. The average Bonchev–Trinajstić information content (AvgIpc) is 3.05. The van der Waals surface area contributed by atoms with E-state index in [1.165, 1.54) is 19.2 Å². The van der Waals surface area contributed by atoms with E-state index in [2.05, 4.69) is 19.9 Å². The zero-order valence-electron chi connectivity index (χ0n) is 14.6. The Labute approximate surface area is 150 Å². The first-order valence-electron chi connectivity index (χ1n) is 8.79. The number of piperidine rings is 1. The summed E-state index contributed by atoms with van der Waals surface area (Å²) < 4.78 is 18.5. The minimum absolute atomic E-state index is 0.116. The molecule has 0 saturated carbocycles. The number of aromatic nitrogens is 3. The lowest BCUT2D eigenvalue weighted by atomic mass is 10.0. The van der Waals surface area contributed by atoms with Gasteiger partial charge in [0.25, 0.3) is 0 Å². The van der Waals surface area contributed by atoms with Crippen molar-refractivity contribution in [1.82, 2.24) is 19.9 Å². The number of benzene rings is 1. The van der Waals surface area contributed by atoms with Gasteiger partial charge in [-0.05, 0) is 37.6 Å². The largest absolute Gasteiger partial charge is 0.491 e. The highest BCUT2D eigenvalue weighted by atomic mass is 19.1. The lowest BCUT2D eigenvalue weighted by Gasteiger charge is -2.34. The third-order valence-electron chi connectivity index (χ3n) is 4.92. The van der Waals surface area contributed by atoms with Gasteiger partial charge < -0.3 is 14.7 Å². The van der Waals surface area contributed by atoms with Crippen molar-refractivity contribution in [2.45, 2.75) is 31.8 Å². The number of methoxy groups -OCH3 is 1. The van der Waals surface area contributed by atoms with Crippen LogP contribution in [0.2, 0.25) is 0 Å². The summed E-state index contributed by atoms with van der Waals surface area (Å²) in [4.78, 5) is 25.4. The number of hydrogen-bond acceptors (Lipinski definition) is 4. The highest BCUT2D eigenvalue weighted by molar-refractivity contribution is 5.75.